The maximum atomic E-state index is 12.6. The number of aliphatic hydroxyl groups excluding tert-OH is 7. The van der Waals surface area contributed by atoms with Crippen LogP contribution in [-0.4, -0.2) is 110 Å². The highest BCUT2D eigenvalue weighted by molar-refractivity contribution is 5.80. The van der Waals surface area contributed by atoms with Crippen molar-refractivity contribution < 1.29 is 50.0 Å². The van der Waals surface area contributed by atoms with Gasteiger partial charge in [0.05, 0.1) is 25.4 Å². The molecular weight excluding hydrogens is 498 g/mol. The summed E-state index contributed by atoms with van der Waals surface area (Å²) in [6.07, 6.45) is 0.0125. The minimum absolute atomic E-state index is 0.253. The van der Waals surface area contributed by atoms with Gasteiger partial charge in [-0.3, -0.25) is 4.79 Å². The molecule has 11 nitrogen and oxygen atoms in total. The second-order valence-electron chi connectivity index (χ2n) is 10.5. The van der Waals surface area contributed by atoms with E-state index in [1.807, 2.05) is 0 Å². The summed E-state index contributed by atoms with van der Waals surface area (Å²) < 4.78 is 10.9. The number of carbonyl (C=O) groups excluding carboxylic acids is 1. The molecule has 1 aliphatic heterocycles. The summed E-state index contributed by atoms with van der Waals surface area (Å²) in [5, 5.41) is 73.9. The van der Waals surface area contributed by atoms with Crippen LogP contribution in [0.5, 0.6) is 0 Å². The molecule has 11 heteroatoms. The van der Waals surface area contributed by atoms with E-state index in [9.17, 15) is 40.5 Å². The average molecular weight is 552 g/mol. The molecule has 1 rings (SSSR count). The predicted octanol–water partition coefficient (Wildman–Crippen LogP) is 0.482. The normalized spacial score (nSPS) is 27.0. The third-order valence-electron chi connectivity index (χ3n) is 7.16. The lowest BCUT2D eigenvalue weighted by atomic mass is 9.98. The van der Waals surface area contributed by atoms with Gasteiger partial charge in [-0.15, -0.1) is 0 Å². The van der Waals surface area contributed by atoms with Gasteiger partial charge in [0.15, 0.2) is 6.29 Å². The highest BCUT2D eigenvalue weighted by atomic mass is 16.7. The molecule has 0 radical (unpaired) electrons. The number of rotatable bonds is 21. The van der Waals surface area contributed by atoms with Gasteiger partial charge in [0.1, 0.15) is 36.6 Å². The fraction of sp³-hybridized carbons (Fsp3) is 0.963. The summed E-state index contributed by atoms with van der Waals surface area (Å²) >= 11 is 0. The van der Waals surface area contributed by atoms with Crippen LogP contribution in [0.2, 0.25) is 0 Å². The molecule has 0 aromatic carbocycles. The summed E-state index contributed by atoms with van der Waals surface area (Å²) in [6, 6.07) is -1.15. The molecule has 38 heavy (non-hydrogen) atoms. The lowest BCUT2D eigenvalue weighted by Crippen LogP contribution is -2.60. The Morgan fingerprint density at radius 1 is 0.816 bits per heavy atom. The maximum absolute atomic E-state index is 12.6. The first-order valence-electron chi connectivity index (χ1n) is 14.4. The van der Waals surface area contributed by atoms with Crippen LogP contribution in [0, 0.1) is 0 Å². The molecular formula is C27H53NO10. The monoisotopic (exact) mass is 551 g/mol. The van der Waals surface area contributed by atoms with Crippen molar-refractivity contribution in [3.63, 3.8) is 0 Å². The Labute approximate surface area is 227 Å². The first-order valence-corrected chi connectivity index (χ1v) is 14.4. The number of hydrogen-bond acceptors (Lipinski definition) is 10. The number of aliphatic hydroxyl groups is 7. The van der Waals surface area contributed by atoms with E-state index in [4.69, 9.17) is 9.47 Å². The topological polar surface area (TPSA) is 189 Å². The highest BCUT2D eigenvalue weighted by Crippen LogP contribution is 2.23. The van der Waals surface area contributed by atoms with E-state index < -0.39 is 74.2 Å². The van der Waals surface area contributed by atoms with Crippen molar-refractivity contribution in [3.05, 3.63) is 0 Å². The Hall–Kier alpha value is -0.890. The van der Waals surface area contributed by atoms with E-state index >= 15 is 0 Å². The fourth-order valence-electron chi connectivity index (χ4n) is 4.55. The average Bonchev–Trinajstić information content (AvgIpc) is 2.91. The number of amides is 1. The van der Waals surface area contributed by atoms with Crippen LogP contribution in [0.25, 0.3) is 0 Å². The van der Waals surface area contributed by atoms with Gasteiger partial charge in [0, 0.05) is 0 Å². The maximum Gasteiger partial charge on any atom is 0.249 e. The first-order chi connectivity index (χ1) is 18.2. The van der Waals surface area contributed by atoms with Crippen molar-refractivity contribution >= 4 is 5.91 Å². The molecule has 1 saturated heterocycles. The van der Waals surface area contributed by atoms with Crippen molar-refractivity contribution in [1.82, 2.24) is 5.32 Å². The van der Waals surface area contributed by atoms with Gasteiger partial charge in [-0.25, -0.2) is 0 Å². The van der Waals surface area contributed by atoms with Gasteiger partial charge in [-0.1, -0.05) is 84.5 Å². The predicted molar refractivity (Wildman–Crippen MR) is 141 cm³/mol. The zero-order valence-corrected chi connectivity index (χ0v) is 23.2. The quantitative estimate of drug-likeness (QED) is 0.0932. The molecule has 226 valence electrons. The summed E-state index contributed by atoms with van der Waals surface area (Å²) in [4.78, 5) is 12.6. The highest BCUT2D eigenvalue weighted by Gasteiger charge is 2.44. The Morgan fingerprint density at radius 3 is 1.97 bits per heavy atom. The molecule has 0 saturated carbocycles. The van der Waals surface area contributed by atoms with E-state index in [2.05, 4.69) is 19.2 Å². The van der Waals surface area contributed by atoms with E-state index in [1.54, 1.807) is 0 Å². The van der Waals surface area contributed by atoms with Crippen LogP contribution in [0.15, 0.2) is 0 Å². The van der Waals surface area contributed by atoms with Crippen molar-refractivity contribution in [2.75, 3.05) is 13.2 Å². The zero-order valence-electron chi connectivity index (χ0n) is 23.2. The minimum Gasteiger partial charge on any atom is -0.394 e. The Morgan fingerprint density at radius 2 is 1.37 bits per heavy atom. The molecule has 1 amide bonds. The van der Waals surface area contributed by atoms with Gasteiger partial charge in [0.25, 0.3) is 0 Å². The molecule has 1 fully saturated rings. The second-order valence-corrected chi connectivity index (χ2v) is 10.5. The zero-order chi connectivity index (χ0) is 28.5. The largest absolute Gasteiger partial charge is 0.394 e. The molecule has 0 spiro atoms. The van der Waals surface area contributed by atoms with Crippen LogP contribution in [0.1, 0.15) is 97.3 Å². The summed E-state index contributed by atoms with van der Waals surface area (Å²) in [7, 11) is 0. The number of hydrogen-bond donors (Lipinski definition) is 8. The van der Waals surface area contributed by atoms with E-state index in [1.165, 1.54) is 12.8 Å². The summed E-state index contributed by atoms with van der Waals surface area (Å²) in [5.74, 6) is -0.717. The third kappa shape index (κ3) is 12.5. The molecule has 0 aromatic rings. The first kappa shape index (κ1) is 35.1. The molecule has 1 aliphatic rings. The number of ether oxygens (including phenoxy) is 2. The molecule has 0 aromatic heterocycles. The number of nitrogens with one attached hydrogen (secondary N) is 1. The Kier molecular flexibility index (Phi) is 18.5. The van der Waals surface area contributed by atoms with Crippen molar-refractivity contribution in [2.45, 2.75) is 152 Å². The lowest BCUT2D eigenvalue weighted by molar-refractivity contribution is -0.303. The van der Waals surface area contributed by atoms with E-state index in [-0.39, 0.29) is 6.42 Å². The van der Waals surface area contributed by atoms with Crippen LogP contribution in [0.4, 0.5) is 0 Å². The van der Waals surface area contributed by atoms with Crippen LogP contribution in [0.3, 0.4) is 0 Å². The minimum atomic E-state index is -1.65. The van der Waals surface area contributed by atoms with Gasteiger partial charge < -0.3 is 50.5 Å². The van der Waals surface area contributed by atoms with Crippen LogP contribution >= 0.6 is 0 Å². The van der Waals surface area contributed by atoms with Crippen LogP contribution in [-0.2, 0) is 14.3 Å². The lowest BCUT2D eigenvalue weighted by Gasteiger charge is -2.40. The van der Waals surface area contributed by atoms with Crippen LogP contribution < -0.4 is 5.32 Å². The molecule has 0 bridgehead atoms. The summed E-state index contributed by atoms with van der Waals surface area (Å²) in [6.45, 7) is 3.16. The SMILES string of the molecule is CCCCCCCCC[C@@H](O)[C@@H](O)[C@H](CO[C@H]1O[C@H](CO)[C@@H](O)[C@H](O)[C@H]1O)NC(=O)[C@H](O)CCCCCC. The Bertz CT molecular complexity index is 610. The van der Waals surface area contributed by atoms with E-state index in [0.29, 0.717) is 19.3 Å². The number of carbonyl (C=O) groups is 1. The smallest absolute Gasteiger partial charge is 0.249 e. The summed E-state index contributed by atoms with van der Waals surface area (Å²) in [5.41, 5.74) is 0. The fourth-order valence-corrected chi connectivity index (χ4v) is 4.55. The van der Waals surface area contributed by atoms with Gasteiger partial charge in [-0.2, -0.15) is 0 Å². The van der Waals surface area contributed by atoms with Crippen molar-refractivity contribution in [1.29, 1.82) is 0 Å². The molecule has 8 N–H and O–H groups in total. The molecule has 1 heterocycles. The Balaban J connectivity index is 2.75. The van der Waals surface area contributed by atoms with Crippen molar-refractivity contribution in [3.8, 4) is 0 Å². The standard InChI is InChI=1S/C27H53NO10/c1-3-5-7-9-10-11-13-14-19(30)22(32)18(28-26(36)20(31)15-12-8-6-4-2)17-37-27-25(35)24(34)23(33)21(16-29)38-27/h18-25,27,29-35H,3-17H2,1-2H3,(H,28,36)/t18-,19+,20+,21+,22-,23+,24-,25+,27-/m0/s1. The third-order valence-corrected chi connectivity index (χ3v) is 7.16. The number of unbranched alkanes of at least 4 members (excludes halogenated alkanes) is 9. The molecule has 0 aliphatic carbocycles. The van der Waals surface area contributed by atoms with Gasteiger partial charge in [0.2, 0.25) is 5.91 Å². The molecule has 0 unspecified atom stereocenters. The van der Waals surface area contributed by atoms with Gasteiger partial charge in [-0.05, 0) is 12.8 Å². The molecule has 9 atom stereocenters. The van der Waals surface area contributed by atoms with Crippen molar-refractivity contribution in [2.24, 2.45) is 0 Å². The van der Waals surface area contributed by atoms with E-state index in [0.717, 1.165) is 44.9 Å². The second kappa shape index (κ2) is 20.1. The van der Waals surface area contributed by atoms with Gasteiger partial charge >= 0.3 is 0 Å².